The summed E-state index contributed by atoms with van der Waals surface area (Å²) in [6, 6.07) is 8.25. The lowest BCUT2D eigenvalue weighted by Gasteiger charge is -2.27. The van der Waals surface area contributed by atoms with E-state index in [1.54, 1.807) is 6.08 Å². The van der Waals surface area contributed by atoms with Crippen molar-refractivity contribution >= 4 is 23.4 Å². The summed E-state index contributed by atoms with van der Waals surface area (Å²) < 4.78 is 5.31. The van der Waals surface area contributed by atoms with Gasteiger partial charge in [-0.25, -0.2) is 4.79 Å². The maximum Gasteiger partial charge on any atom is 0.331 e. The predicted octanol–water partition coefficient (Wildman–Crippen LogP) is 5.61. The molecule has 1 aromatic carbocycles. The molecule has 1 aliphatic carbocycles. The second-order valence-corrected chi connectivity index (χ2v) is 8.31. The van der Waals surface area contributed by atoms with Crippen molar-refractivity contribution in [1.82, 2.24) is 0 Å². The van der Waals surface area contributed by atoms with E-state index < -0.39 is 6.04 Å². The van der Waals surface area contributed by atoms with Gasteiger partial charge in [0.2, 0.25) is 0 Å². The molecule has 1 aliphatic rings. The number of carbonyl (C=O) groups is 1. The van der Waals surface area contributed by atoms with Gasteiger partial charge in [0.15, 0.2) is 0 Å². The van der Waals surface area contributed by atoms with Gasteiger partial charge in [0.1, 0.15) is 12.6 Å². The largest absolute Gasteiger partial charge is 0.460 e. The van der Waals surface area contributed by atoms with Crippen LogP contribution in [0, 0.1) is 12.8 Å². The van der Waals surface area contributed by atoms with E-state index in [4.69, 9.17) is 9.73 Å². The van der Waals surface area contributed by atoms with Crippen LogP contribution in [0.5, 0.6) is 0 Å². The summed E-state index contributed by atoms with van der Waals surface area (Å²) in [5.41, 5.74) is 2.44. The molecule has 1 fully saturated rings. The van der Waals surface area contributed by atoms with Crippen molar-refractivity contribution in [3.63, 3.8) is 0 Å². The summed E-state index contributed by atoms with van der Waals surface area (Å²) >= 11 is 1.87. The fraction of sp³-hybridized carbons (Fsp3) is 0.545. The van der Waals surface area contributed by atoms with Crippen LogP contribution in [0.2, 0.25) is 0 Å². The van der Waals surface area contributed by atoms with E-state index in [0.29, 0.717) is 5.25 Å². The van der Waals surface area contributed by atoms with E-state index in [1.165, 1.54) is 22.6 Å². The predicted molar refractivity (Wildman–Crippen MR) is 111 cm³/mol. The molecule has 0 radical (unpaired) electrons. The molecule has 26 heavy (non-hydrogen) atoms. The van der Waals surface area contributed by atoms with Crippen LogP contribution in [-0.4, -0.2) is 29.6 Å². The van der Waals surface area contributed by atoms with E-state index in [0.717, 1.165) is 25.7 Å². The molecule has 0 N–H and O–H groups in total. The molecule has 3 nitrogen and oxygen atoms in total. The molecular formula is C22H31NO2S. The summed E-state index contributed by atoms with van der Waals surface area (Å²) in [7, 11) is 0. The van der Waals surface area contributed by atoms with Crippen LogP contribution >= 0.6 is 11.8 Å². The van der Waals surface area contributed by atoms with Crippen molar-refractivity contribution in [1.29, 1.82) is 0 Å². The molecule has 3 atom stereocenters. The zero-order valence-corrected chi connectivity index (χ0v) is 17.1. The van der Waals surface area contributed by atoms with Gasteiger partial charge in [-0.1, -0.05) is 57.0 Å². The number of esters is 1. The van der Waals surface area contributed by atoms with Gasteiger partial charge in [-0.3, -0.25) is 4.99 Å². The summed E-state index contributed by atoms with van der Waals surface area (Å²) in [6.45, 7) is 10.1. The fourth-order valence-corrected chi connectivity index (χ4v) is 4.28. The average molecular weight is 374 g/mol. The number of aliphatic imine (C=N–C) groups is 1. The lowest BCUT2D eigenvalue weighted by atomic mass is 9.95. The van der Waals surface area contributed by atoms with Crippen LogP contribution in [0.15, 0.2) is 46.8 Å². The highest BCUT2D eigenvalue weighted by Gasteiger charge is 2.28. The topological polar surface area (TPSA) is 38.7 Å². The Labute approximate surface area is 162 Å². The number of carbonyl (C=O) groups excluding carboxylic acids is 1. The summed E-state index contributed by atoms with van der Waals surface area (Å²) in [5, 5.41) is 0.352. The van der Waals surface area contributed by atoms with Gasteiger partial charge in [0, 0.05) is 15.9 Å². The van der Waals surface area contributed by atoms with Crippen LogP contribution in [0.3, 0.4) is 0 Å². The molecule has 4 heteroatoms. The molecule has 0 aliphatic heterocycles. The van der Waals surface area contributed by atoms with Crippen LogP contribution in [-0.2, 0) is 9.53 Å². The average Bonchev–Trinajstić information content (AvgIpc) is 2.66. The number of aryl methyl sites for hydroxylation is 1. The Hall–Kier alpha value is -1.55. The number of hydrogen-bond acceptors (Lipinski definition) is 4. The normalized spacial score (nSPS) is 21.2. The Kier molecular flexibility index (Phi) is 8.43. The minimum absolute atomic E-state index is 0.173. The number of hydrogen-bond donors (Lipinski definition) is 0. The van der Waals surface area contributed by atoms with Crippen molar-refractivity contribution in [2.75, 3.05) is 6.61 Å². The summed E-state index contributed by atoms with van der Waals surface area (Å²) in [4.78, 5) is 18.7. The molecule has 0 heterocycles. The first-order valence-electron chi connectivity index (χ1n) is 9.62. The van der Waals surface area contributed by atoms with E-state index >= 15 is 0 Å². The second kappa shape index (κ2) is 10.6. The van der Waals surface area contributed by atoms with E-state index in [2.05, 4.69) is 51.6 Å². The number of thioether (sulfide) groups is 1. The van der Waals surface area contributed by atoms with Gasteiger partial charge in [0.25, 0.3) is 0 Å². The van der Waals surface area contributed by atoms with Crippen molar-refractivity contribution in [2.24, 2.45) is 10.9 Å². The Balaban J connectivity index is 2.18. The molecule has 1 unspecified atom stereocenters. The second-order valence-electron chi connectivity index (χ2n) is 7.03. The van der Waals surface area contributed by atoms with Crippen molar-refractivity contribution in [3.8, 4) is 0 Å². The zero-order chi connectivity index (χ0) is 18.9. The Bertz CT molecular complexity index is 624. The molecule has 0 saturated heterocycles. The number of rotatable bonds is 8. The van der Waals surface area contributed by atoms with Crippen molar-refractivity contribution in [3.05, 3.63) is 42.5 Å². The molecule has 0 amide bonds. The highest BCUT2D eigenvalue weighted by molar-refractivity contribution is 8.00. The molecule has 1 aromatic rings. The standard InChI is InChI=1S/C22H31NO2S/c1-5-15-25-22(24)21(17(4)6-2)23-19-9-7-8-10-20(19)26-18-13-11-16(3)12-14-18/h5,11-14,17,20-21H,1,6-10,15H2,2-4H3/t17-,20?,21-/m0/s1. The Morgan fingerprint density at radius 2 is 2.12 bits per heavy atom. The van der Waals surface area contributed by atoms with Gasteiger partial charge in [0.05, 0.1) is 0 Å². The lowest BCUT2D eigenvalue weighted by Crippen LogP contribution is -2.32. The fourth-order valence-electron chi connectivity index (χ4n) is 3.06. The van der Waals surface area contributed by atoms with Gasteiger partial charge in [-0.15, -0.1) is 11.8 Å². The quantitative estimate of drug-likeness (QED) is 0.439. The van der Waals surface area contributed by atoms with E-state index in [9.17, 15) is 4.79 Å². The van der Waals surface area contributed by atoms with Crippen LogP contribution in [0.4, 0.5) is 0 Å². The highest BCUT2D eigenvalue weighted by Crippen LogP contribution is 2.33. The summed E-state index contributed by atoms with van der Waals surface area (Å²) in [6.07, 6.45) is 6.98. The Morgan fingerprint density at radius 3 is 2.77 bits per heavy atom. The van der Waals surface area contributed by atoms with Crippen molar-refractivity contribution < 1.29 is 9.53 Å². The van der Waals surface area contributed by atoms with Gasteiger partial charge in [-0.2, -0.15) is 0 Å². The number of nitrogens with zero attached hydrogens (tertiary/aromatic N) is 1. The molecular weight excluding hydrogens is 342 g/mol. The zero-order valence-electron chi connectivity index (χ0n) is 16.2. The lowest BCUT2D eigenvalue weighted by molar-refractivity contribution is -0.145. The third-order valence-corrected chi connectivity index (χ3v) is 6.23. The first-order chi connectivity index (χ1) is 12.5. The third-order valence-electron chi connectivity index (χ3n) is 4.89. The van der Waals surface area contributed by atoms with Crippen LogP contribution in [0.1, 0.15) is 51.5 Å². The van der Waals surface area contributed by atoms with Crippen molar-refractivity contribution in [2.45, 2.75) is 69.1 Å². The van der Waals surface area contributed by atoms with E-state index in [-0.39, 0.29) is 18.5 Å². The minimum Gasteiger partial charge on any atom is -0.460 e. The highest BCUT2D eigenvalue weighted by atomic mass is 32.2. The SMILES string of the molecule is C=CCOC(=O)[C@@H](N=C1CCCCC1Sc1ccc(C)cc1)[C@@H](C)CC. The third kappa shape index (κ3) is 6.01. The molecule has 0 spiro atoms. The maximum atomic E-state index is 12.5. The van der Waals surface area contributed by atoms with Gasteiger partial charge in [-0.05, 0) is 44.2 Å². The van der Waals surface area contributed by atoms with E-state index in [1.807, 2.05) is 11.8 Å². The monoisotopic (exact) mass is 373 g/mol. The maximum absolute atomic E-state index is 12.5. The Morgan fingerprint density at radius 1 is 1.38 bits per heavy atom. The van der Waals surface area contributed by atoms with Crippen LogP contribution < -0.4 is 0 Å². The first-order valence-corrected chi connectivity index (χ1v) is 10.5. The number of benzene rings is 1. The first kappa shape index (κ1) is 20.8. The molecule has 0 aromatic heterocycles. The summed E-state index contributed by atoms with van der Waals surface area (Å²) in [5.74, 6) is -0.0526. The molecule has 1 saturated carbocycles. The molecule has 0 bridgehead atoms. The minimum atomic E-state index is -0.408. The smallest absolute Gasteiger partial charge is 0.331 e. The van der Waals surface area contributed by atoms with Gasteiger partial charge >= 0.3 is 5.97 Å². The van der Waals surface area contributed by atoms with Gasteiger partial charge < -0.3 is 4.74 Å². The molecule has 2 rings (SSSR count). The number of ether oxygens (including phenoxy) is 1. The molecule has 142 valence electrons. The van der Waals surface area contributed by atoms with Crippen LogP contribution in [0.25, 0.3) is 0 Å².